The summed E-state index contributed by atoms with van der Waals surface area (Å²) in [7, 11) is -2.94. The second-order valence-corrected chi connectivity index (χ2v) is 6.87. The van der Waals surface area contributed by atoms with E-state index in [9.17, 15) is 13.2 Å². The lowest BCUT2D eigenvalue weighted by Crippen LogP contribution is -2.44. The SMILES string of the molecule is O=C(NNC1CCS(=O)(=O)C1)c1ccc(Cl)cc1. The molecule has 98 valence electrons. The van der Waals surface area contributed by atoms with E-state index in [1.54, 1.807) is 24.3 Å². The number of halogens is 1. The molecule has 1 amide bonds. The number of carbonyl (C=O) groups excluding carboxylic acids is 1. The first-order valence-electron chi connectivity index (χ1n) is 5.48. The van der Waals surface area contributed by atoms with Gasteiger partial charge in [0.2, 0.25) is 0 Å². The molecule has 2 rings (SSSR count). The van der Waals surface area contributed by atoms with Crippen molar-refractivity contribution in [3.05, 3.63) is 34.9 Å². The molecule has 1 aliphatic rings. The average Bonchev–Trinajstić information content (AvgIpc) is 2.67. The Kier molecular flexibility index (Phi) is 3.89. The van der Waals surface area contributed by atoms with E-state index in [-0.39, 0.29) is 23.5 Å². The molecule has 18 heavy (non-hydrogen) atoms. The third kappa shape index (κ3) is 3.44. The van der Waals surface area contributed by atoms with Gasteiger partial charge < -0.3 is 0 Å². The first-order valence-corrected chi connectivity index (χ1v) is 7.68. The molecule has 7 heteroatoms. The normalized spacial score (nSPS) is 21.7. The van der Waals surface area contributed by atoms with Gasteiger partial charge in [-0.3, -0.25) is 10.2 Å². The Hall–Kier alpha value is -1.11. The van der Waals surface area contributed by atoms with E-state index < -0.39 is 9.84 Å². The van der Waals surface area contributed by atoms with Crippen molar-refractivity contribution in [3.63, 3.8) is 0 Å². The van der Waals surface area contributed by atoms with E-state index in [4.69, 9.17) is 11.6 Å². The lowest BCUT2D eigenvalue weighted by atomic mass is 10.2. The Balaban J connectivity index is 1.87. The summed E-state index contributed by atoms with van der Waals surface area (Å²) in [5.41, 5.74) is 5.71. The molecule has 0 bridgehead atoms. The Bertz CT molecular complexity index is 542. The number of sulfone groups is 1. The highest BCUT2D eigenvalue weighted by Crippen LogP contribution is 2.11. The molecule has 1 aromatic carbocycles. The minimum Gasteiger partial charge on any atom is -0.287 e. The number of rotatable bonds is 3. The Labute approximate surface area is 110 Å². The van der Waals surface area contributed by atoms with Crippen LogP contribution in [0.3, 0.4) is 0 Å². The lowest BCUT2D eigenvalue weighted by molar-refractivity contribution is 0.0927. The summed E-state index contributed by atoms with van der Waals surface area (Å²) in [5.74, 6) is -0.0778. The van der Waals surface area contributed by atoms with E-state index in [1.807, 2.05) is 0 Å². The second kappa shape index (κ2) is 5.26. The standard InChI is InChI=1S/C11H13ClN2O3S/c12-9-3-1-8(2-4-9)11(15)14-13-10-5-6-18(16,17)7-10/h1-4,10,13H,5-7H2,(H,14,15). The Morgan fingerprint density at radius 2 is 1.94 bits per heavy atom. The number of benzene rings is 1. The maximum Gasteiger partial charge on any atom is 0.265 e. The molecule has 5 nitrogen and oxygen atoms in total. The Morgan fingerprint density at radius 1 is 1.28 bits per heavy atom. The zero-order valence-corrected chi connectivity index (χ0v) is 11.1. The molecule has 0 saturated carbocycles. The second-order valence-electron chi connectivity index (χ2n) is 4.21. The van der Waals surface area contributed by atoms with Crippen LogP contribution in [-0.4, -0.2) is 31.9 Å². The fourth-order valence-electron chi connectivity index (χ4n) is 1.75. The predicted octanol–water partition coefficient (Wildman–Crippen LogP) is 0.762. The van der Waals surface area contributed by atoms with E-state index in [1.165, 1.54) is 0 Å². The van der Waals surface area contributed by atoms with Crippen molar-refractivity contribution in [1.29, 1.82) is 0 Å². The van der Waals surface area contributed by atoms with Crippen molar-refractivity contribution in [2.75, 3.05) is 11.5 Å². The zero-order chi connectivity index (χ0) is 13.2. The molecule has 1 fully saturated rings. The molecule has 1 unspecified atom stereocenters. The largest absolute Gasteiger partial charge is 0.287 e. The summed E-state index contributed by atoms with van der Waals surface area (Å²) in [4.78, 5) is 11.7. The molecular formula is C11H13ClN2O3S. The van der Waals surface area contributed by atoms with Crippen LogP contribution in [0.4, 0.5) is 0 Å². The van der Waals surface area contributed by atoms with Crippen molar-refractivity contribution in [2.24, 2.45) is 0 Å². The smallest absolute Gasteiger partial charge is 0.265 e. The van der Waals surface area contributed by atoms with Crippen LogP contribution in [0.5, 0.6) is 0 Å². The molecule has 0 spiro atoms. The van der Waals surface area contributed by atoms with Gasteiger partial charge in [0.05, 0.1) is 11.5 Å². The number of nitrogens with one attached hydrogen (secondary N) is 2. The highest BCUT2D eigenvalue weighted by atomic mass is 35.5. The molecular weight excluding hydrogens is 276 g/mol. The van der Waals surface area contributed by atoms with E-state index >= 15 is 0 Å². The molecule has 1 atom stereocenters. The maximum absolute atomic E-state index is 11.7. The number of hydrogen-bond donors (Lipinski definition) is 2. The third-order valence-electron chi connectivity index (χ3n) is 2.73. The topological polar surface area (TPSA) is 75.3 Å². The van der Waals surface area contributed by atoms with E-state index in [0.29, 0.717) is 17.0 Å². The number of carbonyl (C=O) groups is 1. The summed E-state index contributed by atoms with van der Waals surface area (Å²) >= 11 is 5.71. The molecule has 0 radical (unpaired) electrons. The van der Waals surface area contributed by atoms with Crippen LogP contribution in [0.2, 0.25) is 5.02 Å². The highest BCUT2D eigenvalue weighted by Gasteiger charge is 2.27. The highest BCUT2D eigenvalue weighted by molar-refractivity contribution is 7.91. The van der Waals surface area contributed by atoms with Gasteiger partial charge in [0, 0.05) is 16.6 Å². The monoisotopic (exact) mass is 288 g/mol. The average molecular weight is 289 g/mol. The predicted molar refractivity (Wildman–Crippen MR) is 69.1 cm³/mol. The van der Waals surface area contributed by atoms with Gasteiger partial charge in [-0.1, -0.05) is 11.6 Å². The van der Waals surface area contributed by atoms with E-state index in [2.05, 4.69) is 10.9 Å². The Morgan fingerprint density at radius 3 is 2.50 bits per heavy atom. The molecule has 2 N–H and O–H groups in total. The molecule has 1 saturated heterocycles. The summed E-state index contributed by atoms with van der Waals surface area (Å²) in [6.45, 7) is 0. The minimum atomic E-state index is -2.94. The maximum atomic E-state index is 11.7. The summed E-state index contributed by atoms with van der Waals surface area (Å²) in [5, 5.41) is 0.557. The van der Waals surface area contributed by atoms with Crippen LogP contribution in [0.15, 0.2) is 24.3 Å². The zero-order valence-electron chi connectivity index (χ0n) is 9.52. The van der Waals surface area contributed by atoms with E-state index in [0.717, 1.165) is 0 Å². The van der Waals surface area contributed by atoms with Crippen molar-refractivity contribution >= 4 is 27.3 Å². The van der Waals surface area contributed by atoms with Crippen LogP contribution in [0.1, 0.15) is 16.8 Å². The quantitative estimate of drug-likeness (QED) is 0.805. The van der Waals surface area contributed by atoms with Crippen LogP contribution in [0, 0.1) is 0 Å². The van der Waals surface area contributed by atoms with Crippen molar-refractivity contribution in [2.45, 2.75) is 12.5 Å². The van der Waals surface area contributed by atoms with Gasteiger partial charge in [-0.05, 0) is 30.7 Å². The van der Waals surface area contributed by atoms with Crippen LogP contribution >= 0.6 is 11.6 Å². The number of amides is 1. The van der Waals surface area contributed by atoms with Gasteiger partial charge in [0.25, 0.3) is 5.91 Å². The summed E-state index contributed by atoms with van der Waals surface area (Å²) < 4.78 is 22.5. The van der Waals surface area contributed by atoms with Gasteiger partial charge in [0.15, 0.2) is 9.84 Å². The van der Waals surface area contributed by atoms with Crippen LogP contribution in [0.25, 0.3) is 0 Å². The molecule has 1 aliphatic heterocycles. The van der Waals surface area contributed by atoms with Gasteiger partial charge in [-0.2, -0.15) is 0 Å². The minimum absolute atomic E-state index is 0.0634. The van der Waals surface area contributed by atoms with Gasteiger partial charge >= 0.3 is 0 Å². The molecule has 0 aromatic heterocycles. The first kappa shape index (κ1) is 13.3. The fourth-order valence-corrected chi connectivity index (χ4v) is 3.55. The van der Waals surface area contributed by atoms with Crippen LogP contribution < -0.4 is 10.9 Å². The summed E-state index contributed by atoms with van der Waals surface area (Å²) in [6.07, 6.45) is 0.517. The van der Waals surface area contributed by atoms with Gasteiger partial charge in [-0.15, -0.1) is 0 Å². The molecule has 1 heterocycles. The summed E-state index contributed by atoms with van der Waals surface area (Å²) in [6, 6.07) is 6.23. The van der Waals surface area contributed by atoms with Crippen LogP contribution in [-0.2, 0) is 9.84 Å². The fraction of sp³-hybridized carbons (Fsp3) is 0.364. The number of hydrogen-bond acceptors (Lipinski definition) is 4. The van der Waals surface area contributed by atoms with Gasteiger partial charge in [-0.25, -0.2) is 13.8 Å². The number of hydrazine groups is 1. The van der Waals surface area contributed by atoms with Crippen molar-refractivity contribution in [3.8, 4) is 0 Å². The molecule has 0 aliphatic carbocycles. The van der Waals surface area contributed by atoms with Crippen molar-refractivity contribution in [1.82, 2.24) is 10.9 Å². The third-order valence-corrected chi connectivity index (χ3v) is 4.75. The first-order chi connectivity index (χ1) is 8.46. The van der Waals surface area contributed by atoms with Crippen molar-refractivity contribution < 1.29 is 13.2 Å². The molecule has 1 aromatic rings. The lowest BCUT2D eigenvalue weighted by Gasteiger charge is -2.11. The van der Waals surface area contributed by atoms with Gasteiger partial charge in [0.1, 0.15) is 0 Å².